The van der Waals surface area contributed by atoms with Crippen LogP contribution in [0.4, 0.5) is 9.18 Å². The van der Waals surface area contributed by atoms with E-state index in [1.165, 1.54) is 12.1 Å². The summed E-state index contributed by atoms with van der Waals surface area (Å²) in [6, 6.07) is 4.82. The van der Waals surface area contributed by atoms with Crippen molar-refractivity contribution >= 4 is 13.7 Å². The fourth-order valence-electron chi connectivity index (χ4n) is 0.841. The van der Waals surface area contributed by atoms with Crippen molar-refractivity contribution in [3.8, 4) is 5.75 Å². The van der Waals surface area contributed by atoms with Crippen LogP contribution in [-0.2, 0) is 9.09 Å². The monoisotopic (exact) mass is 232 g/mol. The van der Waals surface area contributed by atoms with Crippen LogP contribution in [0.3, 0.4) is 0 Å². The van der Waals surface area contributed by atoms with Gasteiger partial charge in [0.2, 0.25) is 0 Å². The van der Waals surface area contributed by atoms with Gasteiger partial charge in [0.25, 0.3) is 8.03 Å². The normalized spacial score (nSPS) is 12.1. The lowest BCUT2D eigenvalue weighted by molar-refractivity contribution is 0.218. The lowest BCUT2D eigenvalue weighted by Gasteiger charge is -2.03. The molecule has 0 aliphatic rings. The van der Waals surface area contributed by atoms with E-state index in [2.05, 4.69) is 9.26 Å². The third-order valence-electron chi connectivity index (χ3n) is 1.47. The molecule has 0 aliphatic heterocycles. The van der Waals surface area contributed by atoms with Crippen LogP contribution in [0.2, 0.25) is 0 Å². The lowest BCUT2D eigenvalue weighted by Crippen LogP contribution is -2.01. The molecule has 1 rings (SSSR count). The number of rotatable bonds is 4. The summed E-state index contributed by atoms with van der Waals surface area (Å²) < 4.78 is 32.8. The average molecular weight is 232 g/mol. The molecular formula is C9H10FO4P. The van der Waals surface area contributed by atoms with E-state index >= 15 is 0 Å². The van der Waals surface area contributed by atoms with Crippen molar-refractivity contribution in [1.82, 2.24) is 0 Å². The van der Waals surface area contributed by atoms with E-state index < -0.39 is 19.6 Å². The molecular weight excluding hydrogens is 222 g/mol. The Morgan fingerprint density at radius 3 is 2.53 bits per heavy atom. The van der Waals surface area contributed by atoms with E-state index in [-0.39, 0.29) is 12.4 Å². The highest BCUT2D eigenvalue weighted by Gasteiger charge is 2.13. The number of ether oxygens (including phenoxy) is 1. The van der Waals surface area contributed by atoms with Crippen molar-refractivity contribution in [1.29, 1.82) is 0 Å². The van der Waals surface area contributed by atoms with Crippen LogP contribution in [0.5, 0.6) is 5.75 Å². The SMILES string of the molecule is CCO[PH](=O)C(=O)Oc1ccc(F)cc1. The van der Waals surface area contributed by atoms with Crippen LogP contribution in [-0.4, -0.2) is 12.3 Å². The van der Waals surface area contributed by atoms with E-state index in [4.69, 9.17) is 0 Å². The van der Waals surface area contributed by atoms with Crippen molar-refractivity contribution in [2.75, 3.05) is 6.61 Å². The van der Waals surface area contributed by atoms with Crippen molar-refractivity contribution in [2.24, 2.45) is 0 Å². The molecule has 1 aromatic rings. The van der Waals surface area contributed by atoms with Crippen molar-refractivity contribution in [3.05, 3.63) is 30.1 Å². The first-order chi connectivity index (χ1) is 7.13. The first kappa shape index (κ1) is 11.9. The summed E-state index contributed by atoms with van der Waals surface area (Å²) in [5.74, 6) is -0.299. The van der Waals surface area contributed by atoms with Gasteiger partial charge in [-0.1, -0.05) is 0 Å². The Hall–Kier alpha value is -1.19. The van der Waals surface area contributed by atoms with E-state index in [1.54, 1.807) is 6.92 Å². The number of hydrogen-bond donors (Lipinski definition) is 0. The smallest absolute Gasteiger partial charge is 0.393 e. The van der Waals surface area contributed by atoms with Crippen LogP contribution in [0, 0.1) is 5.82 Å². The molecule has 0 fully saturated rings. The number of halogens is 1. The zero-order valence-corrected chi connectivity index (χ0v) is 9.03. The van der Waals surface area contributed by atoms with Gasteiger partial charge in [0.15, 0.2) is 0 Å². The molecule has 0 saturated carbocycles. The summed E-state index contributed by atoms with van der Waals surface area (Å²) in [7, 11) is -2.83. The largest absolute Gasteiger partial charge is 0.420 e. The van der Waals surface area contributed by atoms with Crippen LogP contribution in [0.25, 0.3) is 0 Å². The van der Waals surface area contributed by atoms with Gasteiger partial charge >= 0.3 is 5.71 Å². The molecule has 0 radical (unpaired) electrons. The number of benzene rings is 1. The second-order valence-corrected chi connectivity index (χ2v) is 3.84. The minimum absolute atomic E-state index is 0.138. The predicted octanol–water partition coefficient (Wildman–Crippen LogP) is 2.84. The Kier molecular flexibility index (Phi) is 4.46. The van der Waals surface area contributed by atoms with E-state index in [0.29, 0.717) is 0 Å². The number of hydrogen-bond acceptors (Lipinski definition) is 4. The van der Waals surface area contributed by atoms with Gasteiger partial charge in [-0.3, -0.25) is 4.57 Å². The highest BCUT2D eigenvalue weighted by Crippen LogP contribution is 2.26. The summed E-state index contributed by atoms with van der Waals surface area (Å²) >= 11 is 0. The van der Waals surface area contributed by atoms with Gasteiger partial charge in [-0.2, -0.15) is 0 Å². The maximum absolute atomic E-state index is 12.5. The van der Waals surface area contributed by atoms with E-state index in [1.807, 2.05) is 0 Å². The Bertz CT molecular complexity index is 363. The van der Waals surface area contributed by atoms with Gasteiger partial charge in [-0.15, -0.1) is 0 Å². The quantitative estimate of drug-likeness (QED) is 0.749. The van der Waals surface area contributed by atoms with Crippen molar-refractivity contribution < 1.29 is 23.0 Å². The van der Waals surface area contributed by atoms with Gasteiger partial charge in [0.05, 0.1) is 6.61 Å². The maximum atomic E-state index is 12.5. The van der Waals surface area contributed by atoms with Crippen LogP contribution in [0.15, 0.2) is 24.3 Å². The first-order valence-corrected chi connectivity index (χ1v) is 5.59. The summed E-state index contributed by atoms with van der Waals surface area (Å²) in [4.78, 5) is 11.1. The Morgan fingerprint density at radius 2 is 2.00 bits per heavy atom. The Labute approximate surface area is 86.9 Å². The van der Waals surface area contributed by atoms with Gasteiger partial charge < -0.3 is 9.26 Å². The minimum Gasteiger partial charge on any atom is -0.420 e. The molecule has 0 bridgehead atoms. The molecule has 1 aromatic carbocycles. The number of carbonyl (C=O) groups excluding carboxylic acids is 1. The molecule has 0 aliphatic carbocycles. The number of carbonyl (C=O) groups is 1. The summed E-state index contributed by atoms with van der Waals surface area (Å²) in [6.45, 7) is 1.80. The third-order valence-corrected chi connectivity index (χ3v) is 2.45. The molecule has 82 valence electrons. The molecule has 0 saturated heterocycles. The molecule has 6 heteroatoms. The zero-order chi connectivity index (χ0) is 11.3. The fraction of sp³-hybridized carbons (Fsp3) is 0.222. The van der Waals surface area contributed by atoms with Crippen LogP contribution in [0.1, 0.15) is 6.92 Å². The topological polar surface area (TPSA) is 52.6 Å². The highest BCUT2D eigenvalue weighted by molar-refractivity contribution is 7.58. The molecule has 0 N–H and O–H groups in total. The maximum Gasteiger partial charge on any atom is 0.393 e. The molecule has 0 aromatic heterocycles. The lowest BCUT2D eigenvalue weighted by atomic mass is 10.3. The highest BCUT2D eigenvalue weighted by atomic mass is 31.1. The zero-order valence-electron chi connectivity index (χ0n) is 8.03. The van der Waals surface area contributed by atoms with E-state index in [9.17, 15) is 13.8 Å². The fourth-order valence-corrected chi connectivity index (χ4v) is 1.42. The van der Waals surface area contributed by atoms with Gasteiger partial charge in [0.1, 0.15) is 11.6 Å². The molecule has 1 atom stereocenters. The first-order valence-electron chi connectivity index (χ1n) is 4.28. The van der Waals surface area contributed by atoms with Crippen molar-refractivity contribution in [3.63, 3.8) is 0 Å². The minimum atomic E-state index is -2.83. The molecule has 4 nitrogen and oxygen atoms in total. The average Bonchev–Trinajstić information content (AvgIpc) is 2.22. The second kappa shape index (κ2) is 5.63. The van der Waals surface area contributed by atoms with Gasteiger partial charge in [0, 0.05) is 0 Å². The predicted molar refractivity (Wildman–Crippen MR) is 53.1 cm³/mol. The van der Waals surface area contributed by atoms with Gasteiger partial charge in [-0.05, 0) is 31.2 Å². The molecule has 0 amide bonds. The Balaban J connectivity index is 2.58. The molecule has 15 heavy (non-hydrogen) atoms. The summed E-state index contributed by atoms with van der Waals surface area (Å²) in [5.41, 5.74) is -0.937. The Morgan fingerprint density at radius 1 is 1.40 bits per heavy atom. The van der Waals surface area contributed by atoms with E-state index in [0.717, 1.165) is 12.1 Å². The summed E-state index contributed by atoms with van der Waals surface area (Å²) in [5, 5.41) is 0. The van der Waals surface area contributed by atoms with Crippen LogP contribution >= 0.6 is 8.03 Å². The molecule has 1 unspecified atom stereocenters. The second-order valence-electron chi connectivity index (χ2n) is 2.56. The van der Waals surface area contributed by atoms with Gasteiger partial charge in [-0.25, -0.2) is 9.18 Å². The van der Waals surface area contributed by atoms with Crippen molar-refractivity contribution in [2.45, 2.75) is 6.92 Å². The molecule has 0 heterocycles. The standard InChI is InChI=1S/C9H10FO4P/c1-2-13-15(12)9(11)14-8-5-3-7(10)4-6-8/h3-6,15H,2H2,1H3. The summed E-state index contributed by atoms with van der Waals surface area (Å²) in [6.07, 6.45) is 0. The third kappa shape index (κ3) is 3.81. The molecule has 0 spiro atoms. The van der Waals surface area contributed by atoms with Crippen LogP contribution < -0.4 is 4.74 Å².